The first kappa shape index (κ1) is 18.1. The van der Waals surface area contributed by atoms with Crippen LogP contribution in [0.4, 0.5) is 0 Å². The number of guanidine groups is 1. The molecule has 0 aromatic carbocycles. The molecular formula is C17H24ClN5O. The molecule has 2 aromatic heterocycles. The van der Waals surface area contributed by atoms with Crippen molar-refractivity contribution in [2.75, 3.05) is 26.7 Å². The summed E-state index contributed by atoms with van der Waals surface area (Å²) in [4.78, 5) is 10.8. The molecule has 1 N–H and O–H groups in total. The second-order valence-corrected chi connectivity index (χ2v) is 5.75. The fraction of sp³-hybridized carbons (Fsp3) is 0.412. The van der Waals surface area contributed by atoms with E-state index in [1.165, 1.54) is 5.69 Å². The lowest BCUT2D eigenvalue weighted by Gasteiger charge is -2.22. The van der Waals surface area contributed by atoms with Crippen LogP contribution in [0.5, 0.6) is 5.88 Å². The normalized spacial score (nSPS) is 11.4. The summed E-state index contributed by atoms with van der Waals surface area (Å²) in [6.45, 7) is 4.58. The van der Waals surface area contributed by atoms with Gasteiger partial charge in [0.05, 0.1) is 13.1 Å². The molecule has 0 saturated heterocycles. The van der Waals surface area contributed by atoms with E-state index in [-0.39, 0.29) is 0 Å². The van der Waals surface area contributed by atoms with Crippen molar-refractivity contribution in [2.24, 2.45) is 12.0 Å². The maximum Gasteiger partial charge on any atom is 0.232 e. The Labute approximate surface area is 148 Å². The Balaban J connectivity index is 1.90. The van der Waals surface area contributed by atoms with E-state index < -0.39 is 0 Å². The van der Waals surface area contributed by atoms with E-state index >= 15 is 0 Å². The van der Waals surface area contributed by atoms with Gasteiger partial charge in [-0.15, -0.1) is 0 Å². The van der Waals surface area contributed by atoms with Crippen molar-refractivity contribution in [1.82, 2.24) is 19.8 Å². The van der Waals surface area contributed by atoms with Gasteiger partial charge in [0.1, 0.15) is 11.6 Å². The Morgan fingerprint density at radius 2 is 2.25 bits per heavy atom. The number of nitrogens with one attached hydrogen (secondary N) is 1. The highest BCUT2D eigenvalue weighted by molar-refractivity contribution is 6.31. The minimum absolute atomic E-state index is 0.420. The fourth-order valence-corrected chi connectivity index (χ4v) is 2.40. The predicted molar refractivity (Wildman–Crippen MR) is 97.6 cm³/mol. The topological polar surface area (TPSA) is 54.7 Å². The lowest BCUT2D eigenvalue weighted by atomic mass is 10.4. The minimum Gasteiger partial charge on any atom is -0.475 e. The Morgan fingerprint density at radius 3 is 2.92 bits per heavy atom. The molecular weight excluding hydrogens is 326 g/mol. The maximum atomic E-state index is 6.01. The van der Waals surface area contributed by atoms with Crippen molar-refractivity contribution in [3.63, 3.8) is 0 Å². The fourth-order valence-electron chi connectivity index (χ4n) is 2.22. The predicted octanol–water partition coefficient (Wildman–Crippen LogP) is 2.55. The van der Waals surface area contributed by atoms with Gasteiger partial charge in [-0.3, -0.25) is 0 Å². The van der Waals surface area contributed by atoms with Crippen LogP contribution in [0.1, 0.15) is 12.6 Å². The summed E-state index contributed by atoms with van der Waals surface area (Å²) in [5, 5.41) is 3.80. The van der Waals surface area contributed by atoms with Crippen LogP contribution in [0, 0.1) is 0 Å². The highest BCUT2D eigenvalue weighted by Crippen LogP contribution is 2.19. The van der Waals surface area contributed by atoms with E-state index in [0.29, 0.717) is 24.1 Å². The molecule has 0 aliphatic heterocycles. The number of aryl methyl sites for hydroxylation is 1. The summed E-state index contributed by atoms with van der Waals surface area (Å²) in [7, 11) is 4.06. The van der Waals surface area contributed by atoms with Crippen LogP contribution < -0.4 is 10.1 Å². The Morgan fingerprint density at radius 1 is 1.42 bits per heavy atom. The van der Waals surface area contributed by atoms with E-state index in [1.807, 2.05) is 26.4 Å². The summed E-state index contributed by atoms with van der Waals surface area (Å²) in [5.41, 5.74) is 1.22. The number of ether oxygens (including phenoxy) is 1. The number of aliphatic imine (C=N–C) groups is 1. The molecule has 0 amide bonds. The van der Waals surface area contributed by atoms with Crippen molar-refractivity contribution >= 4 is 17.6 Å². The molecule has 130 valence electrons. The molecule has 0 bridgehead atoms. The van der Waals surface area contributed by atoms with Crippen molar-refractivity contribution in [3.8, 4) is 5.88 Å². The van der Waals surface area contributed by atoms with Gasteiger partial charge in [-0.25, -0.2) is 9.98 Å². The van der Waals surface area contributed by atoms with Gasteiger partial charge in [0, 0.05) is 38.7 Å². The van der Waals surface area contributed by atoms with Crippen molar-refractivity contribution in [2.45, 2.75) is 13.5 Å². The maximum absolute atomic E-state index is 6.01. The zero-order chi connectivity index (χ0) is 17.4. The van der Waals surface area contributed by atoms with Crippen LogP contribution in [-0.2, 0) is 13.6 Å². The largest absolute Gasteiger partial charge is 0.475 e. The summed E-state index contributed by atoms with van der Waals surface area (Å²) >= 11 is 6.01. The Bertz CT molecular complexity index is 671. The molecule has 2 rings (SSSR count). The average molecular weight is 350 g/mol. The van der Waals surface area contributed by atoms with Gasteiger partial charge in [0.15, 0.2) is 5.96 Å². The summed E-state index contributed by atoms with van der Waals surface area (Å²) in [6.07, 6.45) is 3.69. The van der Waals surface area contributed by atoms with Crippen LogP contribution in [0.3, 0.4) is 0 Å². The highest BCUT2D eigenvalue weighted by atomic mass is 35.5. The van der Waals surface area contributed by atoms with Gasteiger partial charge >= 0.3 is 0 Å². The first-order valence-electron chi connectivity index (χ1n) is 7.94. The smallest absolute Gasteiger partial charge is 0.232 e. The number of rotatable bonds is 7. The molecule has 0 unspecified atom stereocenters. The van der Waals surface area contributed by atoms with Gasteiger partial charge in [0.25, 0.3) is 0 Å². The quantitative estimate of drug-likeness (QED) is 0.474. The number of hydrogen-bond acceptors (Lipinski definition) is 3. The summed E-state index contributed by atoms with van der Waals surface area (Å²) in [5.74, 6) is 1.28. The average Bonchev–Trinajstić information content (AvgIpc) is 2.97. The molecule has 6 nitrogen and oxygen atoms in total. The van der Waals surface area contributed by atoms with Gasteiger partial charge in [0.2, 0.25) is 5.88 Å². The van der Waals surface area contributed by atoms with E-state index in [1.54, 1.807) is 18.3 Å². The van der Waals surface area contributed by atoms with Gasteiger partial charge < -0.3 is 19.5 Å². The van der Waals surface area contributed by atoms with Crippen LogP contribution >= 0.6 is 11.6 Å². The third-order valence-electron chi connectivity index (χ3n) is 3.46. The lowest BCUT2D eigenvalue weighted by molar-refractivity contribution is 0.315. The standard InChI is InChI=1S/C17H24ClN5O/c1-4-19-17(23(3)13-14-7-6-11-22(14)2)21-10-12-24-16-15(18)8-5-9-20-16/h5-9,11H,4,10,12-13H2,1-3H3,(H,19,21). The molecule has 2 heterocycles. The highest BCUT2D eigenvalue weighted by Gasteiger charge is 2.08. The second-order valence-electron chi connectivity index (χ2n) is 5.34. The minimum atomic E-state index is 0.420. The Hall–Kier alpha value is -2.21. The number of aromatic nitrogens is 2. The number of halogens is 1. The Kier molecular flexibility index (Phi) is 6.93. The van der Waals surface area contributed by atoms with Gasteiger partial charge in [-0.05, 0) is 31.2 Å². The molecule has 0 spiro atoms. The summed E-state index contributed by atoms with van der Waals surface area (Å²) in [6, 6.07) is 7.67. The third-order valence-corrected chi connectivity index (χ3v) is 3.75. The zero-order valence-electron chi connectivity index (χ0n) is 14.4. The molecule has 24 heavy (non-hydrogen) atoms. The summed E-state index contributed by atoms with van der Waals surface area (Å²) < 4.78 is 7.67. The molecule has 0 fully saturated rings. The first-order chi connectivity index (χ1) is 11.6. The van der Waals surface area contributed by atoms with Crippen molar-refractivity contribution < 1.29 is 4.74 Å². The molecule has 0 atom stereocenters. The van der Waals surface area contributed by atoms with Crippen LogP contribution in [-0.4, -0.2) is 47.2 Å². The molecule has 7 heteroatoms. The second kappa shape index (κ2) is 9.17. The first-order valence-corrected chi connectivity index (χ1v) is 8.32. The van der Waals surface area contributed by atoms with Gasteiger partial charge in [-0.2, -0.15) is 0 Å². The van der Waals surface area contributed by atoms with Crippen molar-refractivity contribution in [1.29, 1.82) is 0 Å². The van der Waals surface area contributed by atoms with E-state index in [4.69, 9.17) is 16.3 Å². The monoisotopic (exact) mass is 349 g/mol. The molecule has 2 aromatic rings. The van der Waals surface area contributed by atoms with Crippen LogP contribution in [0.25, 0.3) is 0 Å². The van der Waals surface area contributed by atoms with E-state index in [2.05, 4.69) is 37.8 Å². The number of nitrogens with zero attached hydrogens (tertiary/aromatic N) is 4. The molecule has 0 aliphatic carbocycles. The SMILES string of the molecule is CCNC(=NCCOc1ncccc1Cl)N(C)Cc1cccn1C. The lowest BCUT2D eigenvalue weighted by Crippen LogP contribution is -2.39. The molecule has 0 radical (unpaired) electrons. The molecule has 0 saturated carbocycles. The number of pyridine rings is 1. The van der Waals surface area contributed by atoms with Crippen LogP contribution in [0.2, 0.25) is 5.02 Å². The third kappa shape index (κ3) is 5.16. The van der Waals surface area contributed by atoms with Crippen molar-refractivity contribution in [3.05, 3.63) is 47.4 Å². The van der Waals surface area contributed by atoms with Gasteiger partial charge in [-0.1, -0.05) is 11.6 Å². The molecule has 0 aliphatic rings. The zero-order valence-corrected chi connectivity index (χ0v) is 15.1. The van der Waals surface area contributed by atoms with Crippen LogP contribution in [0.15, 0.2) is 41.7 Å². The van der Waals surface area contributed by atoms with E-state index in [0.717, 1.165) is 19.0 Å². The van der Waals surface area contributed by atoms with E-state index in [9.17, 15) is 0 Å². The number of hydrogen-bond donors (Lipinski definition) is 1.